The number of hydrogen-bond acceptors (Lipinski definition) is 0. The molecule has 0 N–H and O–H groups in total. The first kappa shape index (κ1) is 12.1. The summed E-state index contributed by atoms with van der Waals surface area (Å²) in [5.41, 5.74) is 0. The maximum atomic E-state index is 2.71. The molecule has 0 aliphatic carbocycles. The summed E-state index contributed by atoms with van der Waals surface area (Å²) in [5.74, 6) is 0. The molecule has 4 heteroatoms. The second kappa shape index (κ2) is 6.56. The summed E-state index contributed by atoms with van der Waals surface area (Å²) in [7, 11) is -1.53. The molecule has 0 unspecified atom stereocenters. The molecule has 0 atom stereocenters. The van der Waals surface area contributed by atoms with Crippen LogP contribution in [0, 0.1) is 0 Å². The van der Waals surface area contributed by atoms with E-state index in [1.807, 2.05) is 0 Å². The molecule has 0 aromatic rings. The van der Waals surface area contributed by atoms with Crippen molar-refractivity contribution in [3.8, 4) is 0 Å². The molecule has 0 amide bonds. The Morgan fingerprint density at radius 1 is 1.11 bits per heavy atom. The Morgan fingerprint density at radius 3 is 2.00 bits per heavy atom. The van der Waals surface area contributed by atoms with Crippen molar-refractivity contribution in [1.29, 1.82) is 0 Å². The van der Waals surface area contributed by atoms with Crippen molar-refractivity contribution in [3.05, 3.63) is 0 Å². The van der Waals surface area contributed by atoms with Crippen LogP contribution in [0.4, 0.5) is 0 Å². The van der Waals surface area contributed by atoms with Gasteiger partial charge in [-0.25, -0.2) is 0 Å². The molecule has 0 saturated carbocycles. The van der Waals surface area contributed by atoms with Crippen LogP contribution in [0.2, 0.25) is 4.18 Å². The summed E-state index contributed by atoms with van der Waals surface area (Å²) < 4.78 is 1.56. The normalized spacial score (nSPS) is 12.0. The minimum atomic E-state index is -1.53. The predicted octanol–water partition coefficient (Wildman–Crippen LogP) is 4.80. The van der Waals surface area contributed by atoms with Crippen molar-refractivity contribution < 1.29 is 7.50 Å². The topological polar surface area (TPSA) is 0 Å². The summed E-state index contributed by atoms with van der Waals surface area (Å²) in [5, 5.41) is 0. The molecular weight excluding hydrogens is 619 g/mol. The van der Waals surface area contributed by atoms with Gasteiger partial charge in [0.05, 0.1) is 0 Å². The van der Waals surface area contributed by atoms with E-state index in [1.165, 1.54) is 19.3 Å². The Labute approximate surface area is 89.9 Å². The van der Waals surface area contributed by atoms with E-state index in [0.29, 0.717) is 0 Å². The van der Waals surface area contributed by atoms with E-state index in [2.05, 4.69) is 61.3 Å². The number of halogens is 3. The van der Waals surface area contributed by atoms with Gasteiger partial charge in [0.25, 0.3) is 0 Å². The molecule has 0 aliphatic rings. The Morgan fingerprint density at radius 2 is 1.67 bits per heavy atom. The predicted molar refractivity (Wildman–Crippen MR) is 66.4 cm³/mol. The van der Waals surface area contributed by atoms with Gasteiger partial charge >= 0.3 is 92.3 Å². The maximum absolute atomic E-state index is 2.71. The zero-order chi connectivity index (χ0) is 7.33. The number of unbranched alkanes of at least 4 members (excludes halogenated alkanes) is 2. The van der Waals surface area contributed by atoms with E-state index < -0.39 is 7.50 Å². The third kappa shape index (κ3) is 11.1. The van der Waals surface area contributed by atoms with Crippen LogP contribution < -0.4 is 0 Å². The molecule has 0 heterocycles. The first-order valence-electron chi connectivity index (χ1n) is 3.13. The van der Waals surface area contributed by atoms with Crippen LogP contribution in [0.25, 0.3) is 0 Å². The van der Waals surface area contributed by atoms with Crippen LogP contribution in [0.3, 0.4) is 0 Å². The molecule has 0 aromatic heterocycles. The van der Waals surface area contributed by atoms with Gasteiger partial charge in [0.15, 0.2) is 0 Å². The first-order valence-corrected chi connectivity index (χ1v) is 36.2. The van der Waals surface area contributed by atoms with Gasteiger partial charge in [0.1, 0.15) is 0 Å². The van der Waals surface area contributed by atoms with Gasteiger partial charge in [-0.15, -0.1) is 0 Å². The zero-order valence-electron chi connectivity index (χ0n) is 5.46. The van der Waals surface area contributed by atoms with Gasteiger partial charge in [0, 0.05) is 0 Å². The van der Waals surface area contributed by atoms with Crippen molar-refractivity contribution in [2.75, 3.05) is 0 Å². The van der Waals surface area contributed by atoms with Gasteiger partial charge in [0.2, 0.25) is 0 Å². The van der Waals surface area contributed by atoms with Crippen molar-refractivity contribution >= 4 is 54.4 Å². The van der Waals surface area contributed by atoms with Crippen LogP contribution in [0.1, 0.15) is 26.2 Å². The summed E-state index contributed by atoms with van der Waals surface area (Å²) in [6, 6.07) is 0. The van der Waals surface area contributed by atoms with Gasteiger partial charge in [-0.2, -0.15) is 0 Å². The van der Waals surface area contributed by atoms with Crippen LogP contribution >= 0.6 is 54.4 Å². The second-order valence-corrected chi connectivity index (χ2v) is 104. The molecule has 0 aromatic carbocycles. The Balaban J connectivity index is 3.07. The van der Waals surface area contributed by atoms with Crippen molar-refractivity contribution in [2.24, 2.45) is 0 Å². The summed E-state index contributed by atoms with van der Waals surface area (Å²) in [6.45, 7) is 2.27. The van der Waals surface area contributed by atoms with E-state index >= 15 is 0 Å². The Bertz CT molecular complexity index is 69.1. The van der Waals surface area contributed by atoms with Crippen molar-refractivity contribution in [3.63, 3.8) is 0 Å². The third-order valence-electron chi connectivity index (χ3n) is 1.06. The van der Waals surface area contributed by atoms with Crippen LogP contribution in [0.15, 0.2) is 0 Å². The van der Waals surface area contributed by atoms with E-state index in [4.69, 9.17) is 0 Å². The monoisotopic (exact) mass is 632 g/mol. The molecule has 56 valence electrons. The molecule has 0 radical (unpaired) electrons. The van der Waals surface area contributed by atoms with Gasteiger partial charge < -0.3 is 0 Å². The van der Waals surface area contributed by atoms with Crippen molar-refractivity contribution in [2.45, 2.75) is 30.4 Å². The number of hydrogen-bond donors (Lipinski definition) is 0. The van der Waals surface area contributed by atoms with Gasteiger partial charge in [-0.05, 0) is 0 Å². The van der Waals surface area contributed by atoms with E-state index in [0.717, 1.165) is 0 Å². The molecular formula is C5H11HfI3. The van der Waals surface area contributed by atoms with E-state index in [-0.39, 0.29) is 0 Å². The van der Waals surface area contributed by atoms with E-state index in [9.17, 15) is 0 Å². The molecule has 0 spiro atoms. The zero-order valence-corrected chi connectivity index (χ0v) is 15.5. The first-order chi connectivity index (χ1) is 4.06. The molecule has 9 heavy (non-hydrogen) atoms. The Hall–Kier alpha value is 3.06. The quantitative estimate of drug-likeness (QED) is 0.238. The fourth-order valence-electron chi connectivity index (χ4n) is 0.575. The van der Waals surface area contributed by atoms with Crippen LogP contribution in [-0.4, -0.2) is 0 Å². The fraction of sp³-hybridized carbons (Fsp3) is 1.00. The third-order valence-corrected chi connectivity index (χ3v) is 17.6. The average molecular weight is 630 g/mol. The average Bonchev–Trinajstić information content (AvgIpc) is 1.63. The molecule has 0 nitrogen and oxygen atoms in total. The van der Waals surface area contributed by atoms with E-state index in [1.54, 1.807) is 4.18 Å². The van der Waals surface area contributed by atoms with Gasteiger partial charge in [-0.1, -0.05) is 0 Å². The second-order valence-electron chi connectivity index (χ2n) is 2.07. The SMILES string of the molecule is CCCC[CH2][Hf]([I])([I])[I]. The Kier molecular flexibility index (Phi) is 8.79. The van der Waals surface area contributed by atoms with Crippen LogP contribution in [-0.2, 0) is 7.50 Å². The molecule has 0 bridgehead atoms. The number of rotatable bonds is 4. The summed E-state index contributed by atoms with van der Waals surface area (Å²) in [4.78, 5) is 0. The van der Waals surface area contributed by atoms with Crippen LogP contribution in [0.5, 0.6) is 0 Å². The fourth-order valence-corrected chi connectivity index (χ4v) is 12.3. The standard InChI is InChI=1S/C5H11.Hf.3HI/c1-3-5-4-2;;;;/h1,3-5H2,2H3;;3*1H/q;+3;;;/p-3. The van der Waals surface area contributed by atoms with Crippen molar-refractivity contribution in [1.82, 2.24) is 0 Å². The molecule has 0 fully saturated rings. The summed E-state index contributed by atoms with van der Waals surface area (Å²) in [6.07, 6.45) is 4.29. The minimum absolute atomic E-state index is 1.37. The molecule has 0 saturated heterocycles. The molecule has 0 rings (SSSR count). The molecule has 0 aliphatic heterocycles. The van der Waals surface area contributed by atoms with Gasteiger partial charge in [-0.3, -0.25) is 0 Å². The summed E-state index contributed by atoms with van der Waals surface area (Å²) >= 11 is 8.14.